The number of hydrogen-bond acceptors (Lipinski definition) is 2. The van der Waals surface area contributed by atoms with Crippen molar-refractivity contribution in [2.75, 3.05) is 13.1 Å². The number of likely N-dealkylation sites (tertiary alicyclic amines) is 1. The molecule has 0 aromatic carbocycles. The zero-order valence-electron chi connectivity index (χ0n) is 9.29. The number of hydrogen-bond donors (Lipinski definition) is 1. The van der Waals surface area contributed by atoms with Gasteiger partial charge in [-0.3, -0.25) is 4.90 Å². The van der Waals surface area contributed by atoms with Crippen LogP contribution in [0.1, 0.15) is 40.0 Å². The summed E-state index contributed by atoms with van der Waals surface area (Å²) in [5.74, 6) is 0.686. The Morgan fingerprint density at radius 1 is 1.38 bits per heavy atom. The van der Waals surface area contributed by atoms with Gasteiger partial charge in [0, 0.05) is 18.6 Å². The zero-order valence-corrected chi connectivity index (χ0v) is 9.29. The maximum Gasteiger partial charge on any atom is 0.0244 e. The Bertz CT molecular complexity index is 145. The van der Waals surface area contributed by atoms with Gasteiger partial charge in [-0.25, -0.2) is 0 Å². The molecule has 78 valence electrons. The molecule has 1 aliphatic heterocycles. The molecule has 1 heterocycles. The standard InChI is InChI=1S/C11H24N2/c1-9(2)11(8-12)13-7-5-4-6-10(13)3/h9-11H,4-8,12H2,1-3H3. The van der Waals surface area contributed by atoms with Gasteiger partial charge in [0.25, 0.3) is 0 Å². The Balaban J connectivity index is 2.55. The molecule has 2 unspecified atom stereocenters. The molecule has 0 amide bonds. The summed E-state index contributed by atoms with van der Waals surface area (Å²) in [7, 11) is 0. The topological polar surface area (TPSA) is 29.3 Å². The number of rotatable bonds is 3. The lowest BCUT2D eigenvalue weighted by atomic mass is 9.95. The summed E-state index contributed by atoms with van der Waals surface area (Å²) in [5.41, 5.74) is 5.83. The minimum absolute atomic E-state index is 0.593. The van der Waals surface area contributed by atoms with Gasteiger partial charge in [-0.05, 0) is 32.2 Å². The maximum absolute atomic E-state index is 5.83. The molecule has 2 nitrogen and oxygen atoms in total. The molecule has 0 spiro atoms. The fourth-order valence-electron chi connectivity index (χ4n) is 2.40. The van der Waals surface area contributed by atoms with Crippen LogP contribution in [0.3, 0.4) is 0 Å². The molecule has 13 heavy (non-hydrogen) atoms. The van der Waals surface area contributed by atoms with Gasteiger partial charge < -0.3 is 5.73 Å². The normalized spacial score (nSPS) is 27.9. The van der Waals surface area contributed by atoms with Crippen LogP contribution in [0.5, 0.6) is 0 Å². The highest BCUT2D eigenvalue weighted by Crippen LogP contribution is 2.22. The van der Waals surface area contributed by atoms with Crippen molar-refractivity contribution in [1.82, 2.24) is 4.90 Å². The third-order valence-electron chi connectivity index (χ3n) is 3.29. The zero-order chi connectivity index (χ0) is 9.84. The Morgan fingerprint density at radius 3 is 2.54 bits per heavy atom. The summed E-state index contributed by atoms with van der Waals surface area (Å²) in [4.78, 5) is 2.61. The largest absolute Gasteiger partial charge is 0.329 e. The van der Waals surface area contributed by atoms with E-state index in [2.05, 4.69) is 25.7 Å². The first-order valence-corrected chi connectivity index (χ1v) is 5.62. The number of nitrogens with two attached hydrogens (primary N) is 1. The van der Waals surface area contributed by atoms with Crippen molar-refractivity contribution >= 4 is 0 Å². The van der Waals surface area contributed by atoms with E-state index in [1.165, 1.54) is 25.8 Å². The molecule has 2 N–H and O–H groups in total. The molecule has 0 saturated carbocycles. The molecular formula is C11H24N2. The third-order valence-corrected chi connectivity index (χ3v) is 3.29. The van der Waals surface area contributed by atoms with Gasteiger partial charge in [0.05, 0.1) is 0 Å². The highest BCUT2D eigenvalue weighted by Gasteiger charge is 2.26. The SMILES string of the molecule is CC(C)C(CN)N1CCCCC1C. The van der Waals surface area contributed by atoms with E-state index in [0.29, 0.717) is 12.0 Å². The van der Waals surface area contributed by atoms with Crippen LogP contribution in [0.25, 0.3) is 0 Å². The van der Waals surface area contributed by atoms with Crippen LogP contribution in [0.4, 0.5) is 0 Å². The van der Waals surface area contributed by atoms with E-state index in [4.69, 9.17) is 5.73 Å². The lowest BCUT2D eigenvalue weighted by Gasteiger charge is -2.41. The summed E-state index contributed by atoms with van der Waals surface area (Å²) in [6, 6.07) is 1.33. The van der Waals surface area contributed by atoms with Gasteiger partial charge in [-0.1, -0.05) is 20.3 Å². The summed E-state index contributed by atoms with van der Waals surface area (Å²) in [6.45, 7) is 8.95. The van der Waals surface area contributed by atoms with Crippen LogP contribution < -0.4 is 5.73 Å². The van der Waals surface area contributed by atoms with Crippen LogP contribution in [-0.4, -0.2) is 30.1 Å². The highest BCUT2D eigenvalue weighted by atomic mass is 15.2. The Morgan fingerprint density at radius 2 is 2.08 bits per heavy atom. The fourth-order valence-corrected chi connectivity index (χ4v) is 2.40. The van der Waals surface area contributed by atoms with Gasteiger partial charge in [-0.15, -0.1) is 0 Å². The van der Waals surface area contributed by atoms with Crippen molar-refractivity contribution in [2.45, 2.75) is 52.1 Å². The second-order valence-corrected chi connectivity index (χ2v) is 4.63. The fraction of sp³-hybridized carbons (Fsp3) is 1.00. The van der Waals surface area contributed by atoms with E-state index in [1.54, 1.807) is 0 Å². The van der Waals surface area contributed by atoms with Crippen molar-refractivity contribution in [3.63, 3.8) is 0 Å². The van der Waals surface area contributed by atoms with Crippen LogP contribution in [-0.2, 0) is 0 Å². The van der Waals surface area contributed by atoms with Gasteiger partial charge in [-0.2, -0.15) is 0 Å². The number of piperidine rings is 1. The minimum Gasteiger partial charge on any atom is -0.329 e. The van der Waals surface area contributed by atoms with E-state index in [9.17, 15) is 0 Å². The second kappa shape index (κ2) is 4.97. The van der Waals surface area contributed by atoms with Crippen LogP contribution in [0.15, 0.2) is 0 Å². The predicted octanol–water partition coefficient (Wildman–Crippen LogP) is 1.84. The summed E-state index contributed by atoms with van der Waals surface area (Å²) < 4.78 is 0. The first-order valence-electron chi connectivity index (χ1n) is 5.62. The monoisotopic (exact) mass is 184 g/mol. The smallest absolute Gasteiger partial charge is 0.0244 e. The van der Waals surface area contributed by atoms with Crippen molar-refractivity contribution in [3.05, 3.63) is 0 Å². The third kappa shape index (κ3) is 2.68. The van der Waals surface area contributed by atoms with E-state index < -0.39 is 0 Å². The van der Waals surface area contributed by atoms with Crippen LogP contribution >= 0.6 is 0 Å². The van der Waals surface area contributed by atoms with Gasteiger partial charge >= 0.3 is 0 Å². The van der Waals surface area contributed by atoms with Crippen molar-refractivity contribution in [1.29, 1.82) is 0 Å². The quantitative estimate of drug-likeness (QED) is 0.725. The maximum atomic E-state index is 5.83. The Hall–Kier alpha value is -0.0800. The molecule has 0 bridgehead atoms. The van der Waals surface area contributed by atoms with Crippen molar-refractivity contribution in [2.24, 2.45) is 11.7 Å². The summed E-state index contributed by atoms with van der Waals surface area (Å²) in [5, 5.41) is 0. The molecule has 1 aliphatic rings. The molecule has 1 rings (SSSR count). The molecule has 2 atom stereocenters. The van der Waals surface area contributed by atoms with Crippen LogP contribution in [0.2, 0.25) is 0 Å². The van der Waals surface area contributed by atoms with E-state index in [1.807, 2.05) is 0 Å². The lowest BCUT2D eigenvalue weighted by Crippen LogP contribution is -2.50. The molecule has 0 aromatic heterocycles. The molecular weight excluding hydrogens is 160 g/mol. The van der Waals surface area contributed by atoms with E-state index in [0.717, 1.165) is 12.6 Å². The van der Waals surface area contributed by atoms with Gasteiger partial charge in [0.1, 0.15) is 0 Å². The van der Waals surface area contributed by atoms with Crippen molar-refractivity contribution in [3.8, 4) is 0 Å². The highest BCUT2D eigenvalue weighted by molar-refractivity contribution is 4.82. The van der Waals surface area contributed by atoms with E-state index >= 15 is 0 Å². The average Bonchev–Trinajstić information content (AvgIpc) is 2.09. The average molecular weight is 184 g/mol. The summed E-state index contributed by atoms with van der Waals surface area (Å²) >= 11 is 0. The Labute approximate surface area is 82.5 Å². The molecule has 0 aliphatic carbocycles. The number of nitrogens with zero attached hydrogens (tertiary/aromatic N) is 1. The summed E-state index contributed by atoms with van der Waals surface area (Å²) in [6.07, 6.45) is 4.10. The van der Waals surface area contributed by atoms with Crippen molar-refractivity contribution < 1.29 is 0 Å². The first-order chi connectivity index (χ1) is 6.16. The second-order valence-electron chi connectivity index (χ2n) is 4.63. The molecule has 2 heteroatoms. The van der Waals surface area contributed by atoms with Crippen LogP contribution in [0, 0.1) is 5.92 Å². The Kier molecular flexibility index (Phi) is 4.20. The van der Waals surface area contributed by atoms with Gasteiger partial charge in [0.15, 0.2) is 0 Å². The first kappa shape index (κ1) is 11.0. The molecule has 1 fully saturated rings. The lowest BCUT2D eigenvalue weighted by molar-refractivity contribution is 0.0829. The predicted molar refractivity (Wildman–Crippen MR) is 57.7 cm³/mol. The van der Waals surface area contributed by atoms with Gasteiger partial charge in [0.2, 0.25) is 0 Å². The minimum atomic E-state index is 0.593. The molecule has 0 aromatic rings. The molecule has 1 saturated heterocycles. The van der Waals surface area contributed by atoms with E-state index in [-0.39, 0.29) is 0 Å². The molecule has 0 radical (unpaired) electrons.